The summed E-state index contributed by atoms with van der Waals surface area (Å²) in [6.07, 6.45) is 0. The maximum Gasteiger partial charge on any atom is 0.254 e. The number of rotatable bonds is 1. The van der Waals surface area contributed by atoms with Crippen LogP contribution in [0.25, 0.3) is 0 Å². The van der Waals surface area contributed by atoms with Crippen molar-refractivity contribution in [1.29, 1.82) is 0 Å². The highest BCUT2D eigenvalue weighted by Crippen LogP contribution is 2.29. The van der Waals surface area contributed by atoms with E-state index in [0.717, 1.165) is 11.1 Å². The van der Waals surface area contributed by atoms with Gasteiger partial charge in [-0.05, 0) is 24.0 Å². The zero-order valence-electron chi connectivity index (χ0n) is 11.5. The second kappa shape index (κ2) is 4.09. The van der Waals surface area contributed by atoms with E-state index in [1.165, 1.54) is 0 Å². The predicted octanol–water partition coefficient (Wildman–Crippen LogP) is 2.19. The van der Waals surface area contributed by atoms with Crippen LogP contribution in [-0.2, 0) is 5.41 Å². The van der Waals surface area contributed by atoms with Crippen LogP contribution in [0.4, 0.5) is 0 Å². The first kappa shape index (κ1) is 13.1. The monoisotopic (exact) mass is 247 g/mol. The summed E-state index contributed by atoms with van der Waals surface area (Å²) in [7, 11) is 0. The van der Waals surface area contributed by atoms with Gasteiger partial charge in [0.05, 0.1) is 18.7 Å². The topological polar surface area (TPSA) is 40.5 Å². The Hall–Kier alpha value is -1.35. The summed E-state index contributed by atoms with van der Waals surface area (Å²) in [5, 5.41) is 9.71. The third kappa shape index (κ3) is 2.41. The maximum absolute atomic E-state index is 12.4. The number of hydrogen-bond acceptors (Lipinski definition) is 2. The molecule has 1 heterocycles. The lowest BCUT2D eigenvalue weighted by molar-refractivity contribution is -0.0669. The van der Waals surface area contributed by atoms with Crippen LogP contribution in [0, 0.1) is 0 Å². The van der Waals surface area contributed by atoms with Gasteiger partial charge in [0, 0.05) is 5.56 Å². The molecule has 1 aliphatic rings. The average molecular weight is 247 g/mol. The van der Waals surface area contributed by atoms with E-state index in [4.69, 9.17) is 0 Å². The first-order valence-electron chi connectivity index (χ1n) is 6.32. The van der Waals surface area contributed by atoms with Gasteiger partial charge in [-0.25, -0.2) is 0 Å². The van der Waals surface area contributed by atoms with Gasteiger partial charge in [-0.2, -0.15) is 0 Å². The fraction of sp³-hybridized carbons (Fsp3) is 0.533. The molecule has 0 unspecified atom stereocenters. The summed E-state index contributed by atoms with van der Waals surface area (Å²) < 4.78 is 0. The van der Waals surface area contributed by atoms with Crippen LogP contribution in [0.5, 0.6) is 0 Å². The number of carbonyl (C=O) groups is 1. The number of aliphatic hydroxyl groups is 1. The van der Waals surface area contributed by atoms with Gasteiger partial charge in [0.2, 0.25) is 0 Å². The van der Waals surface area contributed by atoms with Gasteiger partial charge in [-0.1, -0.05) is 39.0 Å². The van der Waals surface area contributed by atoms with E-state index < -0.39 is 5.60 Å². The van der Waals surface area contributed by atoms with Crippen LogP contribution in [0.3, 0.4) is 0 Å². The van der Waals surface area contributed by atoms with Crippen LogP contribution in [-0.4, -0.2) is 34.6 Å². The van der Waals surface area contributed by atoms with Crippen LogP contribution >= 0.6 is 0 Å². The fourth-order valence-corrected chi connectivity index (χ4v) is 2.41. The van der Waals surface area contributed by atoms with Crippen molar-refractivity contribution in [3.8, 4) is 0 Å². The van der Waals surface area contributed by atoms with Crippen LogP contribution in [0.1, 0.15) is 43.6 Å². The molecule has 3 heteroatoms. The number of amides is 1. The molecule has 0 spiro atoms. The standard InChI is InChI=1S/C15H21NO2/c1-14(2,3)12-8-6-5-7-11(12)13(17)16-9-15(4,18)10-16/h5-8,18H,9-10H2,1-4H3. The Kier molecular flexibility index (Phi) is 2.98. The highest BCUT2D eigenvalue weighted by molar-refractivity contribution is 5.96. The minimum absolute atomic E-state index is 0.0204. The molecule has 0 saturated carbocycles. The molecule has 2 rings (SSSR count). The zero-order chi connectivity index (χ0) is 13.6. The Bertz CT molecular complexity index is 464. The maximum atomic E-state index is 12.4. The van der Waals surface area contributed by atoms with Gasteiger partial charge in [-0.3, -0.25) is 4.79 Å². The quantitative estimate of drug-likeness (QED) is 0.826. The molecular formula is C15H21NO2. The van der Waals surface area contributed by atoms with E-state index >= 15 is 0 Å². The molecule has 18 heavy (non-hydrogen) atoms. The number of likely N-dealkylation sites (tertiary alicyclic amines) is 1. The molecule has 1 aliphatic heterocycles. The summed E-state index contributed by atoms with van der Waals surface area (Å²) in [4.78, 5) is 14.1. The SMILES string of the molecule is CC1(O)CN(C(=O)c2ccccc2C(C)(C)C)C1. The summed E-state index contributed by atoms with van der Waals surface area (Å²) in [6.45, 7) is 8.91. The number of nitrogens with zero attached hydrogens (tertiary/aromatic N) is 1. The van der Waals surface area contributed by atoms with E-state index in [1.54, 1.807) is 11.8 Å². The molecule has 1 aromatic rings. The third-order valence-corrected chi connectivity index (χ3v) is 3.32. The molecule has 1 saturated heterocycles. The van der Waals surface area contributed by atoms with Gasteiger partial charge in [0.25, 0.3) is 5.91 Å². The lowest BCUT2D eigenvalue weighted by Crippen LogP contribution is -2.61. The minimum Gasteiger partial charge on any atom is -0.386 e. The van der Waals surface area contributed by atoms with Gasteiger partial charge in [0.15, 0.2) is 0 Å². The van der Waals surface area contributed by atoms with Crippen molar-refractivity contribution in [1.82, 2.24) is 4.90 Å². The van der Waals surface area contributed by atoms with Crippen molar-refractivity contribution >= 4 is 5.91 Å². The Morgan fingerprint density at radius 3 is 2.33 bits per heavy atom. The molecule has 0 aromatic heterocycles. The number of β-amino-alcohol motifs (C(OH)–C–C–N with tert-alkyl or cyclic N) is 1. The van der Waals surface area contributed by atoms with Crippen LogP contribution in [0.2, 0.25) is 0 Å². The predicted molar refractivity (Wildman–Crippen MR) is 71.7 cm³/mol. The van der Waals surface area contributed by atoms with Gasteiger partial charge >= 0.3 is 0 Å². The molecule has 1 amide bonds. The number of hydrogen-bond donors (Lipinski definition) is 1. The van der Waals surface area contributed by atoms with Gasteiger partial charge in [0.1, 0.15) is 0 Å². The van der Waals surface area contributed by atoms with E-state index in [2.05, 4.69) is 20.8 Å². The number of carbonyl (C=O) groups excluding carboxylic acids is 1. The molecule has 3 nitrogen and oxygen atoms in total. The second-order valence-corrected chi connectivity index (χ2v) is 6.45. The van der Waals surface area contributed by atoms with E-state index in [-0.39, 0.29) is 11.3 Å². The molecule has 0 aliphatic carbocycles. The van der Waals surface area contributed by atoms with Gasteiger partial charge < -0.3 is 10.0 Å². The van der Waals surface area contributed by atoms with Gasteiger partial charge in [-0.15, -0.1) is 0 Å². The molecule has 1 aromatic carbocycles. The number of benzene rings is 1. The first-order chi connectivity index (χ1) is 8.21. The summed E-state index contributed by atoms with van der Waals surface area (Å²) in [5.74, 6) is 0.0204. The highest BCUT2D eigenvalue weighted by atomic mass is 16.3. The third-order valence-electron chi connectivity index (χ3n) is 3.32. The van der Waals surface area contributed by atoms with Crippen molar-refractivity contribution in [3.63, 3.8) is 0 Å². The second-order valence-electron chi connectivity index (χ2n) is 6.45. The summed E-state index contributed by atoms with van der Waals surface area (Å²) in [5.41, 5.74) is 1.04. The molecule has 1 N–H and O–H groups in total. The molecule has 98 valence electrons. The smallest absolute Gasteiger partial charge is 0.254 e. The first-order valence-corrected chi connectivity index (χ1v) is 6.32. The lowest BCUT2D eigenvalue weighted by atomic mass is 9.83. The fourth-order valence-electron chi connectivity index (χ4n) is 2.41. The summed E-state index contributed by atoms with van der Waals surface area (Å²) in [6, 6.07) is 7.73. The average Bonchev–Trinajstić information content (AvgIpc) is 2.23. The molecule has 0 atom stereocenters. The Balaban J connectivity index is 2.27. The Morgan fingerprint density at radius 1 is 1.28 bits per heavy atom. The Labute approximate surface area is 108 Å². The molecular weight excluding hydrogens is 226 g/mol. The van der Waals surface area contributed by atoms with Crippen molar-refractivity contribution in [3.05, 3.63) is 35.4 Å². The van der Waals surface area contributed by atoms with E-state index in [0.29, 0.717) is 13.1 Å². The van der Waals surface area contributed by atoms with Crippen molar-refractivity contribution < 1.29 is 9.90 Å². The summed E-state index contributed by atoms with van der Waals surface area (Å²) >= 11 is 0. The lowest BCUT2D eigenvalue weighted by Gasteiger charge is -2.44. The molecule has 1 fully saturated rings. The largest absolute Gasteiger partial charge is 0.386 e. The highest BCUT2D eigenvalue weighted by Gasteiger charge is 2.40. The Morgan fingerprint density at radius 2 is 1.83 bits per heavy atom. The van der Waals surface area contributed by atoms with Crippen LogP contribution < -0.4 is 0 Å². The van der Waals surface area contributed by atoms with Crippen LogP contribution in [0.15, 0.2) is 24.3 Å². The minimum atomic E-state index is -0.716. The van der Waals surface area contributed by atoms with Crippen molar-refractivity contribution in [2.75, 3.05) is 13.1 Å². The normalized spacial score (nSPS) is 18.4. The van der Waals surface area contributed by atoms with Crippen molar-refractivity contribution in [2.45, 2.75) is 38.7 Å². The molecule has 0 radical (unpaired) electrons. The molecule has 0 bridgehead atoms. The van der Waals surface area contributed by atoms with E-state index in [1.807, 2.05) is 24.3 Å². The van der Waals surface area contributed by atoms with Crippen molar-refractivity contribution in [2.24, 2.45) is 0 Å². The zero-order valence-corrected chi connectivity index (χ0v) is 11.5. The van der Waals surface area contributed by atoms with E-state index in [9.17, 15) is 9.90 Å².